The number of rotatable bonds is 0. The molecule has 0 fully saturated rings. The van der Waals surface area contributed by atoms with Crippen LogP contribution >= 0.6 is 0 Å². The fraction of sp³-hybridized carbons (Fsp3) is 0.300. The fourth-order valence-electron chi connectivity index (χ4n) is 1.49. The lowest BCUT2D eigenvalue weighted by Crippen LogP contribution is -2.18. The van der Waals surface area contributed by atoms with Crippen LogP contribution in [-0.2, 0) is 4.79 Å². The molecule has 1 aromatic carbocycles. The van der Waals surface area contributed by atoms with Crippen LogP contribution in [0.4, 0.5) is 5.69 Å². The van der Waals surface area contributed by atoms with Gasteiger partial charge in [0, 0.05) is 0 Å². The summed E-state index contributed by atoms with van der Waals surface area (Å²) < 4.78 is 5.55. The van der Waals surface area contributed by atoms with Crippen LogP contribution in [0, 0.1) is 0 Å². The average molecular weight is 187 g/mol. The van der Waals surface area contributed by atoms with E-state index in [4.69, 9.17) is 12.6 Å². The summed E-state index contributed by atoms with van der Waals surface area (Å²) >= 11 is 0. The number of para-hydroxylation sites is 1. The summed E-state index contributed by atoms with van der Waals surface area (Å²) in [4.78, 5) is 11.3. The Morgan fingerprint density at radius 1 is 1.57 bits per heavy atom. The zero-order valence-corrected chi connectivity index (χ0v) is 7.91. The Kier molecular flexibility index (Phi) is 2.19. The number of benzene rings is 1. The van der Waals surface area contributed by atoms with Gasteiger partial charge in [-0.2, -0.15) is 0 Å². The molecule has 1 atom stereocenters. The van der Waals surface area contributed by atoms with E-state index in [0.29, 0.717) is 23.3 Å². The Hall–Kier alpha value is -1.45. The van der Waals surface area contributed by atoms with Crippen LogP contribution in [0.15, 0.2) is 18.2 Å². The molecule has 1 aromatic rings. The zero-order valence-electron chi connectivity index (χ0n) is 7.91. The summed E-state index contributed by atoms with van der Waals surface area (Å²) in [5.74, 6) is 0.535. The number of nitrogens with one attached hydrogen (secondary N) is 1. The van der Waals surface area contributed by atoms with E-state index < -0.39 is 0 Å². The minimum Gasteiger partial charge on any atom is -0.489 e. The lowest BCUT2D eigenvalue weighted by atomic mass is 9.94. The van der Waals surface area contributed by atoms with Gasteiger partial charge in [0.2, 0.25) is 5.91 Å². The predicted octanol–water partition coefficient (Wildman–Crippen LogP) is 0.590. The van der Waals surface area contributed by atoms with E-state index in [2.05, 4.69) is 5.32 Å². The van der Waals surface area contributed by atoms with Crippen molar-refractivity contribution in [3.8, 4) is 5.75 Å². The summed E-state index contributed by atoms with van der Waals surface area (Å²) in [6, 6.07) is 5.32. The van der Waals surface area contributed by atoms with E-state index in [1.807, 2.05) is 6.92 Å². The maximum Gasteiger partial charge on any atom is 0.228 e. The van der Waals surface area contributed by atoms with E-state index in [1.165, 1.54) is 0 Å². The third-order valence-electron chi connectivity index (χ3n) is 2.11. The Balaban J connectivity index is 2.46. The first-order valence-corrected chi connectivity index (χ1v) is 4.52. The topological polar surface area (TPSA) is 38.3 Å². The van der Waals surface area contributed by atoms with Gasteiger partial charge in [0.1, 0.15) is 19.7 Å². The molecular formula is C10H10BNO2. The standard InChI is InChI=1S/C10H10BNO2/c1-6-5-9(13)12-8-4-2-3-7(11)10(8)14-6/h2-4,6H,5H2,1H3,(H,12,13)/t6-/m1/s1. The molecular weight excluding hydrogens is 177 g/mol. The zero-order chi connectivity index (χ0) is 10.1. The number of carbonyl (C=O) groups is 1. The summed E-state index contributed by atoms with van der Waals surface area (Å²) in [7, 11) is 5.74. The monoisotopic (exact) mass is 187 g/mol. The van der Waals surface area contributed by atoms with Gasteiger partial charge in [0.05, 0.1) is 12.1 Å². The van der Waals surface area contributed by atoms with E-state index in [9.17, 15) is 4.79 Å². The number of fused-ring (bicyclic) bond motifs is 1. The summed E-state index contributed by atoms with van der Waals surface area (Å²) in [6.07, 6.45) is 0.217. The van der Waals surface area contributed by atoms with Gasteiger partial charge in [-0.05, 0) is 13.0 Å². The highest BCUT2D eigenvalue weighted by Gasteiger charge is 2.19. The van der Waals surface area contributed by atoms with E-state index in [-0.39, 0.29) is 12.0 Å². The van der Waals surface area contributed by atoms with Crippen LogP contribution in [0.25, 0.3) is 0 Å². The first-order chi connectivity index (χ1) is 6.66. The van der Waals surface area contributed by atoms with Crippen molar-refractivity contribution in [1.82, 2.24) is 0 Å². The maximum atomic E-state index is 11.3. The second-order valence-electron chi connectivity index (χ2n) is 3.40. The molecule has 0 aliphatic carbocycles. The number of carbonyl (C=O) groups excluding carboxylic acids is 1. The minimum atomic E-state index is -0.138. The first kappa shape index (κ1) is 9.12. The van der Waals surface area contributed by atoms with Crippen LogP contribution in [0.3, 0.4) is 0 Å². The summed E-state index contributed by atoms with van der Waals surface area (Å²) in [6.45, 7) is 1.85. The third kappa shape index (κ3) is 1.60. The molecule has 0 unspecified atom stereocenters. The molecule has 0 aromatic heterocycles. The minimum absolute atomic E-state index is 0.0400. The van der Waals surface area contributed by atoms with Gasteiger partial charge in [-0.1, -0.05) is 17.6 Å². The molecule has 4 heteroatoms. The second-order valence-corrected chi connectivity index (χ2v) is 3.40. The van der Waals surface area contributed by atoms with Gasteiger partial charge in [0.15, 0.2) is 0 Å². The van der Waals surface area contributed by atoms with Crippen molar-refractivity contribution in [1.29, 1.82) is 0 Å². The molecule has 0 saturated heterocycles. The Morgan fingerprint density at radius 3 is 3.14 bits per heavy atom. The van der Waals surface area contributed by atoms with Crippen LogP contribution in [0.1, 0.15) is 13.3 Å². The molecule has 1 amide bonds. The number of amides is 1. The van der Waals surface area contributed by atoms with E-state index >= 15 is 0 Å². The van der Waals surface area contributed by atoms with Gasteiger partial charge in [0.25, 0.3) is 0 Å². The normalized spacial score (nSPS) is 20.4. The highest BCUT2D eigenvalue weighted by molar-refractivity contribution is 6.35. The smallest absolute Gasteiger partial charge is 0.228 e. The SMILES string of the molecule is [B]c1cccc2c1O[C@H](C)CC(=O)N2. The van der Waals surface area contributed by atoms with Crippen LogP contribution in [0.2, 0.25) is 0 Å². The van der Waals surface area contributed by atoms with Crippen LogP contribution in [-0.4, -0.2) is 19.9 Å². The third-order valence-corrected chi connectivity index (χ3v) is 2.11. The largest absolute Gasteiger partial charge is 0.489 e. The average Bonchev–Trinajstić information content (AvgIpc) is 2.23. The van der Waals surface area contributed by atoms with Gasteiger partial charge >= 0.3 is 0 Å². The lowest BCUT2D eigenvalue weighted by Gasteiger charge is -2.13. The van der Waals surface area contributed by atoms with Crippen molar-refractivity contribution in [3.05, 3.63) is 18.2 Å². The van der Waals surface area contributed by atoms with Crippen LogP contribution < -0.4 is 15.5 Å². The number of hydrogen-bond donors (Lipinski definition) is 1. The number of ether oxygens (including phenoxy) is 1. The maximum absolute atomic E-state index is 11.3. The van der Waals surface area contributed by atoms with Gasteiger partial charge in [-0.25, -0.2) is 0 Å². The highest BCUT2D eigenvalue weighted by Crippen LogP contribution is 2.25. The van der Waals surface area contributed by atoms with Crippen LogP contribution in [0.5, 0.6) is 5.75 Å². The molecule has 14 heavy (non-hydrogen) atoms. The van der Waals surface area contributed by atoms with Gasteiger partial charge in [-0.3, -0.25) is 4.79 Å². The summed E-state index contributed by atoms with van der Waals surface area (Å²) in [5, 5.41) is 2.75. The molecule has 1 N–H and O–H groups in total. The van der Waals surface area contributed by atoms with Crippen molar-refractivity contribution in [2.24, 2.45) is 0 Å². The van der Waals surface area contributed by atoms with Crippen molar-refractivity contribution in [3.63, 3.8) is 0 Å². The Bertz CT molecular complexity index is 378. The molecule has 1 aliphatic rings. The first-order valence-electron chi connectivity index (χ1n) is 4.52. The van der Waals surface area contributed by atoms with E-state index in [0.717, 1.165) is 0 Å². The van der Waals surface area contributed by atoms with Gasteiger partial charge in [-0.15, -0.1) is 0 Å². The van der Waals surface area contributed by atoms with Crippen molar-refractivity contribution in [2.75, 3.05) is 5.32 Å². The number of anilines is 1. The van der Waals surface area contributed by atoms with E-state index in [1.54, 1.807) is 18.2 Å². The molecule has 1 heterocycles. The van der Waals surface area contributed by atoms with Crippen molar-refractivity contribution < 1.29 is 9.53 Å². The second kappa shape index (κ2) is 3.37. The quantitative estimate of drug-likeness (QED) is 0.603. The molecule has 1 aliphatic heterocycles. The van der Waals surface area contributed by atoms with Gasteiger partial charge < -0.3 is 10.1 Å². The Labute approximate surface area is 83.9 Å². The molecule has 0 saturated carbocycles. The van der Waals surface area contributed by atoms with Crippen molar-refractivity contribution in [2.45, 2.75) is 19.4 Å². The molecule has 2 radical (unpaired) electrons. The summed E-state index contributed by atoms with van der Waals surface area (Å²) in [5.41, 5.74) is 1.20. The molecule has 0 spiro atoms. The molecule has 2 rings (SSSR count). The van der Waals surface area contributed by atoms with Crippen molar-refractivity contribution >= 4 is 24.9 Å². The number of hydrogen-bond acceptors (Lipinski definition) is 2. The fourth-order valence-corrected chi connectivity index (χ4v) is 1.49. The predicted molar refractivity (Wildman–Crippen MR) is 55.2 cm³/mol. The highest BCUT2D eigenvalue weighted by atomic mass is 16.5. The Morgan fingerprint density at radius 2 is 2.36 bits per heavy atom. The molecule has 70 valence electrons. The molecule has 0 bridgehead atoms. The lowest BCUT2D eigenvalue weighted by molar-refractivity contribution is -0.117. The molecule has 3 nitrogen and oxygen atoms in total.